The molecular formula is C20H26N4O2S. The van der Waals surface area contributed by atoms with Crippen LogP contribution < -0.4 is 4.74 Å². The molecule has 1 N–H and O–H groups in total. The Hall–Kier alpha value is -2.12. The molecule has 144 valence electrons. The van der Waals surface area contributed by atoms with Crippen molar-refractivity contribution < 1.29 is 9.84 Å². The van der Waals surface area contributed by atoms with E-state index in [1.807, 2.05) is 26.0 Å². The summed E-state index contributed by atoms with van der Waals surface area (Å²) >= 11 is 1.52. The van der Waals surface area contributed by atoms with Crippen LogP contribution in [0.5, 0.6) is 11.6 Å². The van der Waals surface area contributed by atoms with Crippen LogP contribution >= 0.6 is 11.3 Å². The molecule has 0 saturated carbocycles. The number of aromatic nitrogens is 3. The lowest BCUT2D eigenvalue weighted by Crippen LogP contribution is -2.37. The molecule has 6 nitrogen and oxygen atoms in total. The summed E-state index contributed by atoms with van der Waals surface area (Å²) in [5.41, 5.74) is 1.16. The molecule has 3 heterocycles. The van der Waals surface area contributed by atoms with E-state index in [0.717, 1.165) is 34.2 Å². The van der Waals surface area contributed by atoms with E-state index in [2.05, 4.69) is 34.0 Å². The van der Waals surface area contributed by atoms with Gasteiger partial charge in [0.2, 0.25) is 10.8 Å². The molecule has 1 saturated heterocycles. The summed E-state index contributed by atoms with van der Waals surface area (Å²) in [5, 5.41) is 15.2. The van der Waals surface area contributed by atoms with E-state index in [4.69, 9.17) is 4.74 Å². The normalized spacial score (nSPS) is 19.4. The van der Waals surface area contributed by atoms with Crippen LogP contribution in [0.4, 0.5) is 0 Å². The second kappa shape index (κ2) is 7.48. The lowest BCUT2D eigenvalue weighted by atomic mass is 9.95. The summed E-state index contributed by atoms with van der Waals surface area (Å²) in [5.74, 6) is 2.39. The highest BCUT2D eigenvalue weighted by Crippen LogP contribution is 2.41. The van der Waals surface area contributed by atoms with Crippen molar-refractivity contribution in [2.45, 2.75) is 39.7 Å². The van der Waals surface area contributed by atoms with Gasteiger partial charge in [0, 0.05) is 6.54 Å². The number of fused-ring (bicyclic) bond motifs is 1. The van der Waals surface area contributed by atoms with Crippen molar-refractivity contribution in [2.75, 3.05) is 19.7 Å². The summed E-state index contributed by atoms with van der Waals surface area (Å²) in [6.45, 7) is 8.82. The van der Waals surface area contributed by atoms with Crippen molar-refractivity contribution in [2.24, 2.45) is 5.92 Å². The molecule has 2 atom stereocenters. The Morgan fingerprint density at radius 1 is 1.33 bits per heavy atom. The second-order valence-corrected chi connectivity index (χ2v) is 8.30. The fourth-order valence-electron chi connectivity index (χ4n) is 3.93. The SMILES string of the molecule is CCOc1ccc([C@H](c2sc3nc(C)nn3c2O)N2CCC[C@@H](C)C2)cc1. The number of aryl methyl sites for hydroxylation is 1. The van der Waals surface area contributed by atoms with Gasteiger partial charge in [-0.15, -0.1) is 5.10 Å². The summed E-state index contributed by atoms with van der Waals surface area (Å²) < 4.78 is 7.16. The van der Waals surface area contributed by atoms with E-state index in [9.17, 15) is 5.11 Å². The zero-order chi connectivity index (χ0) is 19.0. The smallest absolute Gasteiger partial charge is 0.230 e. The molecular weight excluding hydrogens is 360 g/mol. The van der Waals surface area contributed by atoms with Gasteiger partial charge in [-0.1, -0.05) is 30.4 Å². The Bertz CT molecular complexity index is 918. The van der Waals surface area contributed by atoms with Crippen molar-refractivity contribution in [1.29, 1.82) is 0 Å². The number of rotatable bonds is 5. The zero-order valence-corrected chi connectivity index (χ0v) is 16.9. The average molecular weight is 387 g/mol. The third-order valence-corrected chi connectivity index (χ3v) is 6.19. The molecule has 7 heteroatoms. The maximum absolute atomic E-state index is 10.9. The highest BCUT2D eigenvalue weighted by atomic mass is 32.1. The molecule has 0 spiro atoms. The van der Waals surface area contributed by atoms with Crippen molar-refractivity contribution in [3.8, 4) is 11.6 Å². The quantitative estimate of drug-likeness (QED) is 0.717. The lowest BCUT2D eigenvalue weighted by molar-refractivity contribution is 0.149. The Morgan fingerprint density at radius 3 is 2.78 bits per heavy atom. The molecule has 0 radical (unpaired) electrons. The van der Waals surface area contributed by atoms with Gasteiger partial charge in [0.15, 0.2) is 0 Å². The van der Waals surface area contributed by atoms with E-state index in [0.29, 0.717) is 18.3 Å². The Kier molecular flexibility index (Phi) is 5.06. The number of likely N-dealkylation sites (tertiary alicyclic amines) is 1. The van der Waals surface area contributed by atoms with Crippen molar-refractivity contribution in [3.63, 3.8) is 0 Å². The van der Waals surface area contributed by atoms with Gasteiger partial charge in [-0.3, -0.25) is 4.90 Å². The minimum atomic E-state index is -0.00256. The maximum Gasteiger partial charge on any atom is 0.230 e. The van der Waals surface area contributed by atoms with Gasteiger partial charge in [0.1, 0.15) is 11.6 Å². The van der Waals surface area contributed by atoms with Crippen molar-refractivity contribution in [3.05, 3.63) is 40.5 Å². The summed E-state index contributed by atoms with van der Waals surface area (Å²) in [4.78, 5) is 8.56. The fraction of sp³-hybridized carbons (Fsp3) is 0.500. The molecule has 4 rings (SSSR count). The number of hydrogen-bond acceptors (Lipinski definition) is 6. The number of piperidine rings is 1. The van der Waals surface area contributed by atoms with E-state index < -0.39 is 0 Å². The fourth-order valence-corrected chi connectivity index (χ4v) is 5.09. The van der Waals surface area contributed by atoms with Crippen LogP contribution in [0.3, 0.4) is 0 Å². The first-order chi connectivity index (χ1) is 13.1. The standard InChI is InChI=1S/C20H26N4O2S/c1-4-26-16-9-7-15(8-10-16)17(23-11-5-6-13(2)12-23)18-19(25)24-20(27-18)21-14(3)22-24/h7-10,13,17,25H,4-6,11-12H2,1-3H3/t13-,17-/m1/s1. The number of hydrogen-bond donors (Lipinski definition) is 1. The molecule has 0 amide bonds. The monoisotopic (exact) mass is 386 g/mol. The number of thiazole rings is 1. The molecule has 1 aromatic carbocycles. The van der Waals surface area contributed by atoms with Crippen LogP contribution in [0.1, 0.15) is 49.0 Å². The number of aromatic hydroxyl groups is 1. The minimum Gasteiger partial charge on any atom is -0.494 e. The highest BCUT2D eigenvalue weighted by molar-refractivity contribution is 7.17. The molecule has 0 bridgehead atoms. The molecule has 2 aromatic heterocycles. The lowest BCUT2D eigenvalue weighted by Gasteiger charge is -2.37. The van der Waals surface area contributed by atoms with Gasteiger partial charge >= 0.3 is 0 Å². The van der Waals surface area contributed by atoms with Gasteiger partial charge in [-0.05, 0) is 56.8 Å². The van der Waals surface area contributed by atoms with Crippen molar-refractivity contribution in [1.82, 2.24) is 19.5 Å². The minimum absolute atomic E-state index is 0.00256. The Morgan fingerprint density at radius 2 is 2.11 bits per heavy atom. The first kappa shape index (κ1) is 18.3. The van der Waals surface area contributed by atoms with Gasteiger partial charge in [0.25, 0.3) is 0 Å². The zero-order valence-electron chi connectivity index (χ0n) is 16.1. The van der Waals surface area contributed by atoms with Crippen LogP contribution in [0.2, 0.25) is 0 Å². The van der Waals surface area contributed by atoms with Crippen LogP contribution in [0, 0.1) is 12.8 Å². The maximum atomic E-state index is 10.9. The number of benzene rings is 1. The third kappa shape index (κ3) is 3.53. The molecule has 0 unspecified atom stereocenters. The molecule has 27 heavy (non-hydrogen) atoms. The first-order valence-corrected chi connectivity index (χ1v) is 10.4. The Balaban J connectivity index is 1.77. The van der Waals surface area contributed by atoms with Gasteiger partial charge in [0.05, 0.1) is 17.5 Å². The van der Waals surface area contributed by atoms with E-state index in [1.54, 1.807) is 4.52 Å². The predicted molar refractivity (Wildman–Crippen MR) is 107 cm³/mol. The molecule has 3 aromatic rings. The molecule has 0 aliphatic carbocycles. The summed E-state index contributed by atoms with van der Waals surface area (Å²) in [7, 11) is 0. The van der Waals surface area contributed by atoms with Crippen molar-refractivity contribution >= 4 is 16.3 Å². The average Bonchev–Trinajstić information content (AvgIpc) is 3.15. The molecule has 1 fully saturated rings. The van der Waals surface area contributed by atoms with Gasteiger partial charge in [-0.2, -0.15) is 4.52 Å². The number of ether oxygens (including phenoxy) is 1. The molecule has 1 aliphatic heterocycles. The van der Waals surface area contributed by atoms with E-state index in [1.165, 1.54) is 24.2 Å². The number of nitrogens with zero attached hydrogens (tertiary/aromatic N) is 4. The van der Waals surface area contributed by atoms with Gasteiger partial charge < -0.3 is 9.84 Å². The van der Waals surface area contributed by atoms with Crippen LogP contribution in [-0.2, 0) is 0 Å². The summed E-state index contributed by atoms with van der Waals surface area (Å²) in [6.07, 6.45) is 2.43. The van der Waals surface area contributed by atoms with Crippen LogP contribution in [0.25, 0.3) is 4.96 Å². The van der Waals surface area contributed by atoms with E-state index in [-0.39, 0.29) is 11.9 Å². The third-order valence-electron chi connectivity index (χ3n) is 5.11. The van der Waals surface area contributed by atoms with Gasteiger partial charge in [-0.25, -0.2) is 4.98 Å². The Labute approximate surface area is 163 Å². The predicted octanol–water partition coefficient (Wildman–Crippen LogP) is 4.02. The topological polar surface area (TPSA) is 62.9 Å². The summed E-state index contributed by atoms with van der Waals surface area (Å²) in [6, 6.07) is 8.23. The highest BCUT2D eigenvalue weighted by Gasteiger charge is 2.31. The second-order valence-electron chi connectivity index (χ2n) is 7.29. The first-order valence-electron chi connectivity index (χ1n) is 9.58. The van der Waals surface area contributed by atoms with E-state index >= 15 is 0 Å². The van der Waals surface area contributed by atoms with Crippen LogP contribution in [-0.4, -0.2) is 44.3 Å². The largest absolute Gasteiger partial charge is 0.494 e. The molecule has 1 aliphatic rings. The van der Waals surface area contributed by atoms with Crippen LogP contribution in [0.15, 0.2) is 24.3 Å².